The number of esters is 1. The minimum absolute atomic E-state index is 0.229. The molecule has 0 radical (unpaired) electrons. The number of carbonyl (C=O) groups is 1. The number of pyridine rings is 2. The predicted molar refractivity (Wildman–Crippen MR) is 87.9 cm³/mol. The number of aromatic nitrogens is 2. The first-order chi connectivity index (χ1) is 12.5. The monoisotopic (exact) mass is 354 g/mol. The zero-order chi connectivity index (χ0) is 18.3. The van der Waals surface area contributed by atoms with Gasteiger partial charge in [0.1, 0.15) is 17.7 Å². The number of rotatable bonds is 0. The maximum Gasteiger partial charge on any atom is 0.404 e. The second-order valence-electron chi connectivity index (χ2n) is 6.15. The molecule has 1 aromatic carbocycles. The van der Waals surface area contributed by atoms with Crippen molar-refractivity contribution in [3.63, 3.8) is 0 Å². The molecule has 6 heteroatoms. The van der Waals surface area contributed by atoms with Crippen LogP contribution < -0.4 is 9.13 Å². The number of hydrogen-bond donors (Lipinski definition) is 0. The molecule has 0 spiro atoms. The Bertz CT molecular complexity index is 1020. The average molecular weight is 354 g/mol. The Morgan fingerprint density at radius 1 is 1.00 bits per heavy atom. The molecule has 1 atom stereocenters. The van der Waals surface area contributed by atoms with Gasteiger partial charge in [0.25, 0.3) is 5.69 Å². The zero-order valence-corrected chi connectivity index (χ0v) is 14.0. The smallest absolute Gasteiger partial charge is 0.404 e. The molecule has 0 saturated heterocycles. The van der Waals surface area contributed by atoms with Gasteiger partial charge in [0, 0.05) is 35.9 Å². The fraction of sp³-hybridized carbons (Fsp3) is 0.150. The van der Waals surface area contributed by atoms with Gasteiger partial charge in [0.05, 0.1) is 5.56 Å². The Kier molecular flexibility index (Phi) is 3.95. The maximum atomic E-state index is 14.7. The van der Waals surface area contributed by atoms with Crippen LogP contribution in [0.15, 0.2) is 60.9 Å². The summed E-state index contributed by atoms with van der Waals surface area (Å²) in [5, 5.41) is 0. The van der Waals surface area contributed by atoms with E-state index in [0.29, 0.717) is 17.0 Å². The maximum absolute atomic E-state index is 14.7. The van der Waals surface area contributed by atoms with Crippen LogP contribution in [0.4, 0.5) is 8.78 Å². The van der Waals surface area contributed by atoms with Crippen LogP contribution >= 0.6 is 0 Å². The van der Waals surface area contributed by atoms with Crippen LogP contribution in [0.1, 0.15) is 29.1 Å². The van der Waals surface area contributed by atoms with Gasteiger partial charge < -0.3 is 4.74 Å². The molecule has 1 aliphatic rings. The lowest BCUT2D eigenvalue weighted by Gasteiger charge is -2.18. The molecule has 2 aromatic heterocycles. The third kappa shape index (κ3) is 2.73. The molecule has 0 aliphatic carbocycles. The van der Waals surface area contributed by atoms with Gasteiger partial charge in [-0.15, -0.1) is 9.13 Å². The summed E-state index contributed by atoms with van der Waals surface area (Å²) < 4.78 is 37.6. The number of carbonyl (C=O) groups excluding carboxylic acids is 1. The van der Waals surface area contributed by atoms with Crippen molar-refractivity contribution in [2.45, 2.75) is 19.7 Å². The van der Waals surface area contributed by atoms with Crippen molar-refractivity contribution < 1.29 is 27.4 Å². The van der Waals surface area contributed by atoms with Crippen molar-refractivity contribution >= 4 is 5.97 Å². The Balaban J connectivity index is 2.03. The van der Waals surface area contributed by atoms with Crippen molar-refractivity contribution in [2.75, 3.05) is 0 Å². The third-order valence-electron chi connectivity index (χ3n) is 4.46. The molecule has 4 rings (SSSR count). The number of hydrogen-bond acceptors (Lipinski definition) is 2. The number of nitrogens with zero attached hydrogens (tertiary/aromatic N) is 2. The fourth-order valence-electron chi connectivity index (χ4n) is 3.24. The minimum Gasteiger partial charge on any atom is -0.450 e. The topological polar surface area (TPSA) is 34.1 Å². The van der Waals surface area contributed by atoms with Gasteiger partial charge in [0.15, 0.2) is 12.4 Å². The van der Waals surface area contributed by atoms with Crippen molar-refractivity contribution in [1.29, 1.82) is 0 Å². The summed E-state index contributed by atoms with van der Waals surface area (Å²) in [5.74, 6) is -1.95. The van der Waals surface area contributed by atoms with E-state index in [9.17, 15) is 13.6 Å². The summed E-state index contributed by atoms with van der Waals surface area (Å²) in [5.41, 5.74) is 1.46. The number of ether oxygens (including phenoxy) is 1. The molecule has 1 aliphatic heterocycles. The molecule has 4 nitrogen and oxygen atoms in total. The Morgan fingerprint density at radius 3 is 2.38 bits per heavy atom. The second-order valence-corrected chi connectivity index (χ2v) is 6.15. The van der Waals surface area contributed by atoms with Crippen LogP contribution in [-0.4, -0.2) is 5.97 Å². The summed E-state index contributed by atoms with van der Waals surface area (Å²) in [7, 11) is 0. The van der Waals surface area contributed by atoms with Crippen molar-refractivity contribution in [3.8, 4) is 11.3 Å². The lowest BCUT2D eigenvalue weighted by atomic mass is 9.98. The zero-order valence-electron chi connectivity index (χ0n) is 14.0. The summed E-state index contributed by atoms with van der Waals surface area (Å²) in [6, 6.07) is 12.6. The summed E-state index contributed by atoms with van der Waals surface area (Å²) in [6.45, 7) is 1.89. The van der Waals surface area contributed by atoms with E-state index in [4.69, 9.17) is 4.74 Å². The normalized spacial score (nSPS) is 16.1. The molecule has 130 valence electrons. The van der Waals surface area contributed by atoms with E-state index in [1.807, 2.05) is 10.6 Å². The lowest BCUT2D eigenvalue weighted by molar-refractivity contribution is -0.909. The van der Waals surface area contributed by atoms with Gasteiger partial charge in [-0.25, -0.2) is 13.6 Å². The van der Waals surface area contributed by atoms with E-state index >= 15 is 0 Å². The predicted octanol–water partition coefficient (Wildman–Crippen LogP) is 2.94. The molecule has 26 heavy (non-hydrogen) atoms. The molecule has 1 unspecified atom stereocenters. The fourth-order valence-corrected chi connectivity index (χ4v) is 3.24. The average Bonchev–Trinajstić information content (AvgIpc) is 2.62. The molecular formula is C20H16F2N2O2+2. The van der Waals surface area contributed by atoms with Gasteiger partial charge in [-0.2, -0.15) is 0 Å². The molecular weight excluding hydrogens is 338 g/mol. The van der Waals surface area contributed by atoms with E-state index in [1.165, 1.54) is 6.07 Å². The van der Waals surface area contributed by atoms with E-state index in [0.717, 1.165) is 6.07 Å². The Labute approximate surface area is 148 Å². The Morgan fingerprint density at radius 2 is 1.65 bits per heavy atom. The van der Waals surface area contributed by atoms with E-state index in [-0.39, 0.29) is 12.2 Å². The number of benzene rings is 1. The highest BCUT2D eigenvalue weighted by Gasteiger charge is 2.32. The van der Waals surface area contributed by atoms with Crippen LogP contribution in [0.5, 0.6) is 0 Å². The van der Waals surface area contributed by atoms with Gasteiger partial charge >= 0.3 is 12.6 Å². The highest BCUT2D eigenvalue weighted by Crippen LogP contribution is 2.32. The van der Waals surface area contributed by atoms with Crippen LogP contribution in [0.2, 0.25) is 0 Å². The van der Waals surface area contributed by atoms with E-state index in [2.05, 4.69) is 0 Å². The Hall–Kier alpha value is -3.15. The van der Waals surface area contributed by atoms with E-state index < -0.39 is 23.7 Å². The molecule has 0 fully saturated rings. The molecule has 0 saturated carbocycles. The van der Waals surface area contributed by atoms with Crippen molar-refractivity contribution in [1.82, 2.24) is 0 Å². The SMILES string of the molecule is CC1OC(=O)c2cccc[n+]2C[n+]2ccccc2-c2c(F)cc(F)cc21. The molecule has 0 amide bonds. The molecule has 3 aromatic rings. The molecule has 0 N–H and O–H groups in total. The first-order valence-electron chi connectivity index (χ1n) is 8.22. The van der Waals surface area contributed by atoms with E-state index in [1.54, 1.807) is 54.2 Å². The quantitative estimate of drug-likeness (QED) is 0.460. The number of cyclic esters (lactones) is 1. The van der Waals surface area contributed by atoms with Gasteiger partial charge in [-0.05, 0) is 25.1 Å². The first-order valence-corrected chi connectivity index (χ1v) is 8.22. The standard InChI is InChI=1S/C20H16F2N2O2/c1-13-15-10-14(21)11-16(22)19(15)17-6-2-4-8-23(17)12-24-9-5-3-7-18(24)20(25)26-13/h2-11,13H,12H2,1H3/q+2. The highest BCUT2D eigenvalue weighted by atomic mass is 19.1. The van der Waals surface area contributed by atoms with Crippen LogP contribution in [-0.2, 0) is 11.4 Å². The minimum atomic E-state index is -0.817. The van der Waals surface area contributed by atoms with Crippen molar-refractivity contribution in [3.05, 3.63) is 83.8 Å². The van der Waals surface area contributed by atoms with Crippen LogP contribution in [0.25, 0.3) is 11.3 Å². The van der Waals surface area contributed by atoms with Gasteiger partial charge in [-0.1, -0.05) is 0 Å². The molecule has 3 heterocycles. The van der Waals surface area contributed by atoms with Crippen LogP contribution in [0, 0.1) is 11.6 Å². The largest absolute Gasteiger partial charge is 0.450 e. The number of fused-ring (bicyclic) bond motifs is 4. The van der Waals surface area contributed by atoms with Gasteiger partial charge in [0.2, 0.25) is 5.69 Å². The first kappa shape index (κ1) is 16.3. The third-order valence-corrected chi connectivity index (χ3v) is 4.46. The van der Waals surface area contributed by atoms with Crippen LogP contribution in [0.3, 0.4) is 0 Å². The summed E-state index contributed by atoms with van der Waals surface area (Å²) >= 11 is 0. The highest BCUT2D eigenvalue weighted by molar-refractivity contribution is 5.86. The van der Waals surface area contributed by atoms with Crippen molar-refractivity contribution in [2.24, 2.45) is 0 Å². The second kappa shape index (κ2) is 6.29. The summed E-state index contributed by atoms with van der Waals surface area (Å²) in [6.07, 6.45) is 2.74. The molecule has 0 bridgehead atoms. The van der Waals surface area contributed by atoms with Gasteiger partial charge in [-0.3, -0.25) is 0 Å². The summed E-state index contributed by atoms with van der Waals surface area (Å²) in [4.78, 5) is 12.6. The lowest BCUT2D eigenvalue weighted by Crippen LogP contribution is -2.55. The number of halogens is 2.